The van der Waals surface area contributed by atoms with Gasteiger partial charge >= 0.3 is 0 Å². The fraction of sp³-hybridized carbons (Fsp3) is 0. The summed E-state index contributed by atoms with van der Waals surface area (Å²) in [7, 11) is 0. The van der Waals surface area contributed by atoms with E-state index >= 15 is 0 Å². The van der Waals surface area contributed by atoms with Gasteiger partial charge in [0.05, 0.1) is 16.7 Å². The molecule has 2 aromatic heterocycles. The minimum absolute atomic E-state index is 0.972. The molecule has 0 fully saturated rings. The van der Waals surface area contributed by atoms with Crippen molar-refractivity contribution in [1.82, 2.24) is 9.97 Å². The fourth-order valence-electron chi connectivity index (χ4n) is 1.52. The number of rotatable bonds is 1. The molecule has 0 aliphatic heterocycles. The summed E-state index contributed by atoms with van der Waals surface area (Å²) in [5.74, 6) is 0. The van der Waals surface area contributed by atoms with Gasteiger partial charge in [-0.15, -0.1) is 11.3 Å². The zero-order valence-corrected chi connectivity index (χ0v) is 8.74. The molecule has 0 unspecified atom stereocenters. The molecule has 0 N–H and O–H groups in total. The largest absolute Gasteiger partial charge is 0.243 e. The monoisotopic (exact) mass is 212 g/mol. The van der Waals surface area contributed by atoms with Gasteiger partial charge in [-0.05, 0) is 12.1 Å². The van der Waals surface area contributed by atoms with E-state index in [2.05, 4.69) is 22.1 Å². The molecular formula is C12H8N2S. The fourth-order valence-corrected chi connectivity index (χ4v) is 2.18. The van der Waals surface area contributed by atoms with Gasteiger partial charge in [0.25, 0.3) is 0 Å². The molecule has 15 heavy (non-hydrogen) atoms. The number of aromatic nitrogens is 2. The van der Waals surface area contributed by atoms with Gasteiger partial charge in [-0.3, -0.25) is 0 Å². The molecule has 0 aliphatic rings. The number of pyridine rings is 1. The Hall–Kier alpha value is -1.74. The van der Waals surface area contributed by atoms with E-state index in [1.807, 2.05) is 35.8 Å². The first-order chi connectivity index (χ1) is 7.43. The first kappa shape index (κ1) is 8.56. The van der Waals surface area contributed by atoms with Crippen molar-refractivity contribution in [2.45, 2.75) is 0 Å². The SMILES string of the molecule is c1ccc(-c2ccc3ncsc3n2)cc1. The van der Waals surface area contributed by atoms with Crippen molar-refractivity contribution >= 4 is 21.7 Å². The van der Waals surface area contributed by atoms with Crippen molar-refractivity contribution in [2.24, 2.45) is 0 Å². The van der Waals surface area contributed by atoms with Crippen molar-refractivity contribution in [3.63, 3.8) is 0 Å². The smallest absolute Gasteiger partial charge is 0.143 e. The van der Waals surface area contributed by atoms with Crippen LogP contribution in [-0.2, 0) is 0 Å². The molecule has 0 bridgehead atoms. The van der Waals surface area contributed by atoms with E-state index in [0.29, 0.717) is 0 Å². The number of nitrogens with zero attached hydrogens (tertiary/aromatic N) is 2. The minimum Gasteiger partial charge on any atom is -0.243 e. The van der Waals surface area contributed by atoms with Gasteiger partial charge in [0.1, 0.15) is 4.83 Å². The summed E-state index contributed by atoms with van der Waals surface area (Å²) < 4.78 is 0. The highest BCUT2D eigenvalue weighted by atomic mass is 32.1. The zero-order valence-electron chi connectivity index (χ0n) is 7.92. The quantitative estimate of drug-likeness (QED) is 0.618. The third-order valence-electron chi connectivity index (χ3n) is 2.27. The van der Waals surface area contributed by atoms with Crippen LogP contribution in [-0.4, -0.2) is 9.97 Å². The van der Waals surface area contributed by atoms with Crippen LogP contribution < -0.4 is 0 Å². The maximum Gasteiger partial charge on any atom is 0.143 e. The summed E-state index contributed by atoms with van der Waals surface area (Å²) >= 11 is 1.57. The van der Waals surface area contributed by atoms with Crippen molar-refractivity contribution in [3.8, 4) is 11.3 Å². The summed E-state index contributed by atoms with van der Waals surface area (Å²) in [6, 6.07) is 14.2. The predicted molar refractivity (Wildman–Crippen MR) is 62.9 cm³/mol. The highest BCUT2D eigenvalue weighted by molar-refractivity contribution is 7.16. The molecule has 0 saturated carbocycles. The normalized spacial score (nSPS) is 10.7. The van der Waals surface area contributed by atoms with Gasteiger partial charge in [-0.25, -0.2) is 9.97 Å². The van der Waals surface area contributed by atoms with Gasteiger partial charge in [0.15, 0.2) is 0 Å². The number of hydrogen-bond acceptors (Lipinski definition) is 3. The molecule has 2 heterocycles. The first-order valence-electron chi connectivity index (χ1n) is 4.69. The Kier molecular flexibility index (Phi) is 1.96. The van der Waals surface area contributed by atoms with Crippen LogP contribution in [0.5, 0.6) is 0 Å². The lowest BCUT2D eigenvalue weighted by molar-refractivity contribution is 1.40. The Labute approximate surface area is 91.2 Å². The average Bonchev–Trinajstić information content (AvgIpc) is 2.77. The van der Waals surface area contributed by atoms with Crippen LogP contribution >= 0.6 is 11.3 Å². The van der Waals surface area contributed by atoms with Gasteiger partial charge in [0.2, 0.25) is 0 Å². The summed E-state index contributed by atoms with van der Waals surface area (Å²) in [6.45, 7) is 0. The number of fused-ring (bicyclic) bond motifs is 1. The highest BCUT2D eigenvalue weighted by Gasteiger charge is 2.01. The molecule has 72 valence electrons. The van der Waals surface area contributed by atoms with Crippen LogP contribution in [0.3, 0.4) is 0 Å². The lowest BCUT2D eigenvalue weighted by Crippen LogP contribution is -1.82. The second-order valence-electron chi connectivity index (χ2n) is 3.24. The maximum absolute atomic E-state index is 4.56. The predicted octanol–water partition coefficient (Wildman–Crippen LogP) is 3.36. The standard InChI is InChI=1S/C12H8N2S/c1-2-4-9(5-3-1)10-6-7-11-12(14-10)15-8-13-11/h1-8H. The molecule has 0 aliphatic carbocycles. The maximum atomic E-state index is 4.56. The molecule has 3 aromatic rings. The van der Waals surface area contributed by atoms with Crippen LogP contribution in [0.4, 0.5) is 0 Å². The van der Waals surface area contributed by atoms with Crippen molar-refractivity contribution < 1.29 is 0 Å². The van der Waals surface area contributed by atoms with Crippen LogP contribution in [0.2, 0.25) is 0 Å². The Morgan fingerprint density at radius 1 is 0.933 bits per heavy atom. The molecule has 0 saturated heterocycles. The molecule has 2 nitrogen and oxygen atoms in total. The number of thiazole rings is 1. The van der Waals surface area contributed by atoms with E-state index in [1.54, 1.807) is 11.3 Å². The third kappa shape index (κ3) is 1.51. The van der Waals surface area contributed by atoms with E-state index in [9.17, 15) is 0 Å². The van der Waals surface area contributed by atoms with E-state index in [4.69, 9.17) is 0 Å². The second-order valence-corrected chi connectivity index (χ2v) is 4.07. The van der Waals surface area contributed by atoms with Gasteiger partial charge in [-0.2, -0.15) is 0 Å². The molecule has 3 rings (SSSR count). The summed E-state index contributed by atoms with van der Waals surface area (Å²) in [5.41, 5.74) is 4.95. The number of hydrogen-bond donors (Lipinski definition) is 0. The Balaban J connectivity index is 2.19. The molecule has 3 heteroatoms. The molecule has 1 aromatic carbocycles. The second kappa shape index (κ2) is 3.44. The van der Waals surface area contributed by atoms with Crippen molar-refractivity contribution in [3.05, 3.63) is 48.0 Å². The lowest BCUT2D eigenvalue weighted by atomic mass is 10.1. The van der Waals surface area contributed by atoms with Gasteiger partial charge in [0, 0.05) is 5.56 Å². The zero-order chi connectivity index (χ0) is 10.1. The average molecular weight is 212 g/mol. The number of benzene rings is 1. The Morgan fingerprint density at radius 2 is 1.80 bits per heavy atom. The van der Waals surface area contributed by atoms with E-state index < -0.39 is 0 Å². The van der Waals surface area contributed by atoms with Crippen LogP contribution in [0.15, 0.2) is 48.0 Å². The van der Waals surface area contributed by atoms with E-state index in [-0.39, 0.29) is 0 Å². The molecule has 0 atom stereocenters. The molecule has 0 spiro atoms. The van der Waals surface area contributed by atoms with E-state index in [0.717, 1.165) is 21.6 Å². The molecular weight excluding hydrogens is 204 g/mol. The van der Waals surface area contributed by atoms with Gasteiger partial charge in [-0.1, -0.05) is 30.3 Å². The van der Waals surface area contributed by atoms with Gasteiger partial charge < -0.3 is 0 Å². The Bertz CT molecular complexity index is 587. The highest BCUT2D eigenvalue weighted by Crippen LogP contribution is 2.21. The van der Waals surface area contributed by atoms with E-state index in [1.165, 1.54) is 0 Å². The first-order valence-corrected chi connectivity index (χ1v) is 5.57. The topological polar surface area (TPSA) is 25.8 Å². The van der Waals surface area contributed by atoms with Crippen LogP contribution in [0.25, 0.3) is 21.6 Å². The summed E-state index contributed by atoms with van der Waals surface area (Å²) in [6.07, 6.45) is 0. The van der Waals surface area contributed by atoms with Crippen LogP contribution in [0, 0.1) is 0 Å². The minimum atomic E-state index is 0.972. The molecule has 0 radical (unpaired) electrons. The van der Waals surface area contributed by atoms with Crippen LogP contribution in [0.1, 0.15) is 0 Å². The van der Waals surface area contributed by atoms with Crippen molar-refractivity contribution in [2.75, 3.05) is 0 Å². The Morgan fingerprint density at radius 3 is 2.67 bits per heavy atom. The summed E-state index contributed by atoms with van der Waals surface area (Å²) in [4.78, 5) is 9.77. The lowest BCUT2D eigenvalue weighted by Gasteiger charge is -1.99. The van der Waals surface area contributed by atoms with Crippen molar-refractivity contribution in [1.29, 1.82) is 0 Å². The third-order valence-corrected chi connectivity index (χ3v) is 3.00. The summed E-state index contributed by atoms with van der Waals surface area (Å²) in [5, 5.41) is 0. The molecule has 0 amide bonds.